The molecule has 2 N–H and O–H groups in total. The van der Waals surface area contributed by atoms with Gasteiger partial charge in [0.2, 0.25) is 0 Å². The first kappa shape index (κ1) is 33.6. The van der Waals surface area contributed by atoms with Crippen LogP contribution >= 0.6 is 0 Å². The maximum Gasteiger partial charge on any atom is 0.415 e. The molecular formula is C34H35N3O11. The van der Waals surface area contributed by atoms with Crippen LogP contribution in [0.1, 0.15) is 28.7 Å². The van der Waals surface area contributed by atoms with Gasteiger partial charge in [0, 0.05) is 12.0 Å². The summed E-state index contributed by atoms with van der Waals surface area (Å²) in [4.78, 5) is 67.8. The minimum Gasteiger partial charge on any atom is -0.508 e. The van der Waals surface area contributed by atoms with Crippen LogP contribution in [0.4, 0.5) is 20.1 Å². The van der Waals surface area contributed by atoms with Crippen molar-refractivity contribution in [1.82, 2.24) is 10.2 Å². The van der Waals surface area contributed by atoms with Gasteiger partial charge >= 0.3 is 30.2 Å². The third-order valence-corrected chi connectivity index (χ3v) is 8.65. The van der Waals surface area contributed by atoms with Gasteiger partial charge in [0.1, 0.15) is 30.6 Å². The highest BCUT2D eigenvalue weighted by atomic mass is 16.6. The number of phenolic OH excluding ortho intramolecular Hbond substituents is 1. The lowest BCUT2D eigenvalue weighted by molar-refractivity contribution is -0.145. The number of para-hydroxylation sites is 1. The number of aromatic hydroxyl groups is 1. The molecule has 3 aromatic carbocycles. The smallest absolute Gasteiger partial charge is 0.415 e. The van der Waals surface area contributed by atoms with Crippen LogP contribution in [0.25, 0.3) is 0 Å². The number of ether oxygens (including phenoxy) is 5. The number of fused-ring (bicyclic) bond motifs is 3. The predicted octanol–water partition coefficient (Wildman–Crippen LogP) is 3.62. The fourth-order valence-electron chi connectivity index (χ4n) is 6.61. The molecule has 0 bridgehead atoms. The summed E-state index contributed by atoms with van der Waals surface area (Å²) in [5.41, 5.74) is 0.932. The van der Waals surface area contributed by atoms with Gasteiger partial charge in [0.05, 0.1) is 39.5 Å². The second-order valence-electron chi connectivity index (χ2n) is 11.2. The van der Waals surface area contributed by atoms with Gasteiger partial charge in [-0.3, -0.25) is 9.80 Å². The standard InChI is InChI=1S/C34H35N3O11/c1-44-28(39)24(35-31(41)48-19-20-10-6-5-7-11-20)17-21-14-15-27(38)23(16-21)34-18-26(29(40)45-2)37(33(43)47-4)30(34)36(32(42)46-3)25-13-9-8-12-22(25)34/h5-16,24,26,30,38H,17-19H2,1-4H3,(H,35,41)/t24-,26-,30+,34+/m0/s1. The molecule has 2 heterocycles. The van der Waals surface area contributed by atoms with Crippen molar-refractivity contribution in [3.05, 3.63) is 95.1 Å². The van der Waals surface area contributed by atoms with Gasteiger partial charge in [-0.05, 0) is 35.2 Å². The van der Waals surface area contributed by atoms with Crippen LogP contribution in [0.15, 0.2) is 72.8 Å². The zero-order valence-corrected chi connectivity index (χ0v) is 26.7. The Morgan fingerprint density at radius 1 is 0.833 bits per heavy atom. The van der Waals surface area contributed by atoms with E-state index in [-0.39, 0.29) is 30.8 Å². The molecule has 1 fully saturated rings. The molecule has 2 aliphatic heterocycles. The molecule has 0 radical (unpaired) electrons. The highest BCUT2D eigenvalue weighted by Gasteiger charge is 2.67. The number of nitrogens with zero attached hydrogens (tertiary/aromatic N) is 2. The lowest BCUT2D eigenvalue weighted by atomic mass is 9.71. The molecule has 1 saturated heterocycles. The maximum absolute atomic E-state index is 13.4. The zero-order valence-electron chi connectivity index (χ0n) is 26.7. The van der Waals surface area contributed by atoms with Crippen LogP contribution in [0, 0.1) is 0 Å². The summed E-state index contributed by atoms with van der Waals surface area (Å²) >= 11 is 0. The lowest BCUT2D eigenvalue weighted by Gasteiger charge is -2.37. The van der Waals surface area contributed by atoms with Gasteiger partial charge in [0.25, 0.3) is 0 Å². The molecule has 5 rings (SSSR count). The number of likely N-dealkylation sites (tertiary alicyclic amines) is 1. The van der Waals surface area contributed by atoms with Gasteiger partial charge in [-0.25, -0.2) is 24.0 Å². The molecule has 14 nitrogen and oxygen atoms in total. The zero-order chi connectivity index (χ0) is 34.6. The first-order valence-corrected chi connectivity index (χ1v) is 14.9. The molecule has 0 unspecified atom stereocenters. The van der Waals surface area contributed by atoms with E-state index in [2.05, 4.69) is 5.32 Å². The molecule has 2 aliphatic rings. The van der Waals surface area contributed by atoms with Crippen LogP contribution in [0.3, 0.4) is 0 Å². The topological polar surface area (TPSA) is 170 Å². The average Bonchev–Trinajstić information content (AvgIpc) is 3.60. The minimum atomic E-state index is -1.42. The summed E-state index contributed by atoms with van der Waals surface area (Å²) < 4.78 is 25.5. The van der Waals surface area contributed by atoms with Crippen molar-refractivity contribution in [1.29, 1.82) is 0 Å². The van der Waals surface area contributed by atoms with Crippen molar-refractivity contribution in [3.8, 4) is 5.75 Å². The fourth-order valence-corrected chi connectivity index (χ4v) is 6.61. The summed E-state index contributed by atoms with van der Waals surface area (Å²) in [6.07, 6.45) is -4.05. The molecule has 0 aliphatic carbocycles. The number of methoxy groups -OCH3 is 4. The first-order chi connectivity index (χ1) is 23.1. The number of phenols is 1. The fraction of sp³-hybridized carbons (Fsp3) is 0.324. The van der Waals surface area contributed by atoms with E-state index >= 15 is 0 Å². The van der Waals surface area contributed by atoms with Crippen LogP contribution in [0.2, 0.25) is 0 Å². The second kappa shape index (κ2) is 13.9. The third-order valence-electron chi connectivity index (χ3n) is 8.65. The Morgan fingerprint density at radius 3 is 2.19 bits per heavy atom. The van der Waals surface area contributed by atoms with E-state index in [4.69, 9.17) is 23.7 Å². The number of amides is 3. The van der Waals surface area contributed by atoms with E-state index in [0.717, 1.165) is 17.6 Å². The number of esters is 2. The Hall–Kier alpha value is -5.79. The molecule has 48 heavy (non-hydrogen) atoms. The van der Waals surface area contributed by atoms with E-state index in [1.165, 1.54) is 32.3 Å². The van der Waals surface area contributed by atoms with Gasteiger partial charge in [-0.2, -0.15) is 0 Å². The van der Waals surface area contributed by atoms with Gasteiger partial charge < -0.3 is 34.1 Å². The van der Waals surface area contributed by atoms with E-state index < -0.39 is 53.9 Å². The number of rotatable bonds is 8. The second-order valence-corrected chi connectivity index (χ2v) is 11.2. The molecule has 252 valence electrons. The normalized spacial score (nSPS) is 19.8. The third kappa shape index (κ3) is 5.92. The molecule has 0 spiro atoms. The Balaban J connectivity index is 1.58. The monoisotopic (exact) mass is 661 g/mol. The van der Waals surface area contributed by atoms with Crippen molar-refractivity contribution in [2.75, 3.05) is 33.3 Å². The van der Waals surface area contributed by atoms with Gasteiger partial charge in [0.15, 0.2) is 0 Å². The largest absolute Gasteiger partial charge is 0.508 e. The van der Waals surface area contributed by atoms with Gasteiger partial charge in [-0.1, -0.05) is 60.7 Å². The SMILES string of the molecule is COC(=O)[C@H](Cc1ccc(O)c([C@]23C[C@@H](C(=O)OC)N(C(=O)OC)[C@H]2N(C(=O)OC)c2ccccc23)c1)NC(=O)OCc1ccccc1. The highest BCUT2D eigenvalue weighted by Crippen LogP contribution is 2.59. The van der Waals surface area contributed by atoms with Gasteiger partial charge in [-0.15, -0.1) is 0 Å². The number of alkyl carbamates (subject to hydrolysis) is 1. The number of nitrogens with one attached hydrogen (secondary N) is 1. The number of benzene rings is 3. The Kier molecular flexibility index (Phi) is 9.73. The van der Waals surface area contributed by atoms with Crippen molar-refractivity contribution >= 4 is 35.9 Å². The highest BCUT2D eigenvalue weighted by molar-refractivity contribution is 5.96. The number of hydrogen-bond donors (Lipinski definition) is 2. The molecule has 0 aromatic heterocycles. The molecule has 3 amide bonds. The average molecular weight is 662 g/mol. The van der Waals surface area contributed by atoms with Crippen LogP contribution < -0.4 is 10.2 Å². The number of carbonyl (C=O) groups is 5. The van der Waals surface area contributed by atoms with Crippen molar-refractivity contribution in [2.24, 2.45) is 0 Å². The number of anilines is 1. The summed E-state index contributed by atoms with van der Waals surface area (Å²) in [5.74, 6) is -1.73. The maximum atomic E-state index is 13.4. The molecular weight excluding hydrogens is 626 g/mol. The Bertz CT molecular complexity index is 1720. The Morgan fingerprint density at radius 2 is 1.52 bits per heavy atom. The van der Waals surface area contributed by atoms with E-state index in [1.807, 2.05) is 6.07 Å². The molecule has 14 heteroatoms. The van der Waals surface area contributed by atoms with E-state index in [9.17, 15) is 29.1 Å². The number of hydrogen-bond acceptors (Lipinski definition) is 11. The van der Waals surface area contributed by atoms with Crippen LogP contribution in [-0.2, 0) is 51.7 Å². The minimum absolute atomic E-state index is 0.0258. The summed E-state index contributed by atoms with van der Waals surface area (Å²) in [7, 11) is 4.68. The van der Waals surface area contributed by atoms with Crippen molar-refractivity contribution in [3.63, 3.8) is 0 Å². The van der Waals surface area contributed by atoms with Crippen LogP contribution in [-0.4, -0.2) is 86.9 Å². The number of carbonyl (C=O) groups excluding carboxylic acids is 5. The predicted molar refractivity (Wildman–Crippen MR) is 168 cm³/mol. The quantitative estimate of drug-likeness (QED) is 0.267. The van der Waals surface area contributed by atoms with Crippen LogP contribution in [0.5, 0.6) is 5.75 Å². The molecule has 0 saturated carbocycles. The van der Waals surface area contributed by atoms with E-state index in [0.29, 0.717) is 16.8 Å². The molecule has 3 aromatic rings. The Labute approximate surface area is 276 Å². The summed E-state index contributed by atoms with van der Waals surface area (Å²) in [5, 5.41) is 14.0. The lowest BCUT2D eigenvalue weighted by Crippen LogP contribution is -2.56. The summed E-state index contributed by atoms with van der Waals surface area (Å²) in [6.45, 7) is -0.0258. The van der Waals surface area contributed by atoms with Crippen molar-refractivity contribution < 1.29 is 52.8 Å². The van der Waals surface area contributed by atoms with Crippen molar-refractivity contribution in [2.45, 2.75) is 43.1 Å². The molecule has 4 atom stereocenters. The summed E-state index contributed by atoms with van der Waals surface area (Å²) in [6, 6.07) is 17.9. The first-order valence-electron chi connectivity index (χ1n) is 14.9. The van der Waals surface area contributed by atoms with E-state index in [1.54, 1.807) is 60.7 Å².